The normalized spacial score (nSPS) is 22.8. The number of H-pyrrole nitrogens is 1. The number of nitrogens with one attached hydrogen (secondary N) is 1. The molecule has 0 radical (unpaired) electrons. The molecule has 1 aromatic heterocycles. The van der Waals surface area contributed by atoms with Crippen LogP contribution in [0.4, 0.5) is 0 Å². The fourth-order valence-electron chi connectivity index (χ4n) is 2.09. The number of hydrogen-bond acceptors (Lipinski definition) is 3. The number of aryl methyl sites for hydroxylation is 1. The third-order valence-corrected chi connectivity index (χ3v) is 5.21. The van der Waals surface area contributed by atoms with Crippen molar-refractivity contribution < 1.29 is 8.42 Å². The van der Waals surface area contributed by atoms with E-state index in [0.717, 1.165) is 12.8 Å². The van der Waals surface area contributed by atoms with Crippen LogP contribution >= 0.6 is 0 Å². The predicted octanol–water partition coefficient (Wildman–Crippen LogP) is 1.14. The molecule has 16 heavy (non-hydrogen) atoms. The Labute approximate surface area is 95.9 Å². The van der Waals surface area contributed by atoms with Crippen LogP contribution in [-0.2, 0) is 10.0 Å². The summed E-state index contributed by atoms with van der Waals surface area (Å²) in [7, 11) is -3.33. The molecule has 1 aliphatic heterocycles. The van der Waals surface area contributed by atoms with Gasteiger partial charge in [-0.1, -0.05) is 13.3 Å². The van der Waals surface area contributed by atoms with Crippen LogP contribution in [-0.4, -0.2) is 36.0 Å². The summed E-state index contributed by atoms with van der Waals surface area (Å²) in [4.78, 5) is 0.309. The largest absolute Gasteiger partial charge is 0.281 e. The number of nitrogens with zero attached hydrogens (tertiary/aromatic N) is 2. The van der Waals surface area contributed by atoms with Crippen molar-refractivity contribution >= 4 is 10.0 Å². The fraction of sp³-hybridized carbons (Fsp3) is 0.700. The summed E-state index contributed by atoms with van der Waals surface area (Å²) < 4.78 is 26.1. The summed E-state index contributed by atoms with van der Waals surface area (Å²) >= 11 is 0. The predicted molar refractivity (Wildman–Crippen MR) is 60.5 cm³/mol. The highest BCUT2D eigenvalue weighted by atomic mass is 32.2. The first-order valence-electron chi connectivity index (χ1n) is 5.55. The Morgan fingerprint density at radius 3 is 2.88 bits per heavy atom. The minimum absolute atomic E-state index is 0.309. The van der Waals surface area contributed by atoms with Gasteiger partial charge in [-0.25, -0.2) is 8.42 Å². The quantitative estimate of drug-likeness (QED) is 0.865. The lowest BCUT2D eigenvalue weighted by Crippen LogP contribution is -2.29. The highest BCUT2D eigenvalue weighted by Crippen LogP contribution is 2.26. The van der Waals surface area contributed by atoms with Crippen molar-refractivity contribution in [1.29, 1.82) is 0 Å². The van der Waals surface area contributed by atoms with E-state index in [1.807, 2.05) is 0 Å². The molecule has 6 heteroatoms. The van der Waals surface area contributed by atoms with E-state index >= 15 is 0 Å². The van der Waals surface area contributed by atoms with E-state index in [2.05, 4.69) is 17.1 Å². The summed E-state index contributed by atoms with van der Waals surface area (Å²) in [5.74, 6) is 0.502. The molecular formula is C10H17N3O2S. The zero-order valence-corrected chi connectivity index (χ0v) is 10.4. The molecule has 0 saturated carbocycles. The van der Waals surface area contributed by atoms with Gasteiger partial charge in [0.15, 0.2) is 0 Å². The molecule has 0 spiro atoms. The van der Waals surface area contributed by atoms with Gasteiger partial charge in [0.2, 0.25) is 10.0 Å². The van der Waals surface area contributed by atoms with Crippen LogP contribution in [0, 0.1) is 12.8 Å². The highest BCUT2D eigenvalue weighted by molar-refractivity contribution is 7.89. The molecule has 1 aromatic rings. The third kappa shape index (κ3) is 1.87. The van der Waals surface area contributed by atoms with Crippen molar-refractivity contribution in [3.05, 3.63) is 11.9 Å². The minimum atomic E-state index is -3.33. The zero-order valence-electron chi connectivity index (χ0n) is 9.60. The Balaban J connectivity index is 2.25. The van der Waals surface area contributed by atoms with Crippen LogP contribution in [0.3, 0.4) is 0 Å². The van der Waals surface area contributed by atoms with Gasteiger partial charge in [-0.15, -0.1) is 0 Å². The molecule has 2 heterocycles. The lowest BCUT2D eigenvalue weighted by molar-refractivity contribution is 0.452. The average molecular weight is 243 g/mol. The van der Waals surface area contributed by atoms with Crippen molar-refractivity contribution in [2.75, 3.05) is 13.1 Å². The highest BCUT2D eigenvalue weighted by Gasteiger charge is 2.33. The first-order valence-corrected chi connectivity index (χ1v) is 6.99. The van der Waals surface area contributed by atoms with E-state index in [1.165, 1.54) is 6.20 Å². The molecule has 2 rings (SSSR count). The SMILES string of the molecule is CCC1CCN(S(=O)(=O)c2cn[nH]c2C)C1. The van der Waals surface area contributed by atoms with E-state index in [4.69, 9.17) is 0 Å². The van der Waals surface area contributed by atoms with E-state index in [9.17, 15) is 8.42 Å². The second-order valence-electron chi connectivity index (χ2n) is 4.29. The third-order valence-electron chi connectivity index (χ3n) is 3.23. The maximum absolute atomic E-state index is 12.2. The van der Waals surface area contributed by atoms with Gasteiger partial charge in [0.05, 0.1) is 11.9 Å². The number of aromatic amines is 1. The first-order chi connectivity index (χ1) is 7.55. The van der Waals surface area contributed by atoms with Crippen molar-refractivity contribution in [2.45, 2.75) is 31.6 Å². The zero-order chi connectivity index (χ0) is 11.8. The average Bonchev–Trinajstić information content (AvgIpc) is 2.85. The number of hydrogen-bond donors (Lipinski definition) is 1. The van der Waals surface area contributed by atoms with Gasteiger partial charge < -0.3 is 0 Å². The second-order valence-corrected chi connectivity index (χ2v) is 6.19. The Hall–Kier alpha value is -0.880. The first kappa shape index (κ1) is 11.6. The minimum Gasteiger partial charge on any atom is -0.281 e. The molecule has 1 aliphatic rings. The van der Waals surface area contributed by atoms with Crippen molar-refractivity contribution in [3.8, 4) is 0 Å². The van der Waals surface area contributed by atoms with Crippen LogP contribution in [0.1, 0.15) is 25.5 Å². The van der Waals surface area contributed by atoms with Gasteiger partial charge in [0, 0.05) is 13.1 Å². The molecule has 1 fully saturated rings. The smallest absolute Gasteiger partial charge is 0.246 e. The molecule has 90 valence electrons. The van der Waals surface area contributed by atoms with Crippen molar-refractivity contribution in [2.24, 2.45) is 5.92 Å². The summed E-state index contributed by atoms with van der Waals surface area (Å²) in [5, 5.41) is 6.44. The van der Waals surface area contributed by atoms with Gasteiger partial charge in [-0.3, -0.25) is 5.10 Å². The Morgan fingerprint density at radius 2 is 2.38 bits per heavy atom. The number of sulfonamides is 1. The molecule has 1 atom stereocenters. The molecule has 0 aliphatic carbocycles. The Bertz CT molecular complexity index is 466. The van der Waals surface area contributed by atoms with Crippen molar-refractivity contribution in [3.63, 3.8) is 0 Å². The second kappa shape index (κ2) is 4.18. The summed E-state index contributed by atoms with van der Waals surface area (Å²) in [6.07, 6.45) is 3.40. The van der Waals surface area contributed by atoms with Crippen molar-refractivity contribution in [1.82, 2.24) is 14.5 Å². The molecular weight excluding hydrogens is 226 g/mol. The maximum Gasteiger partial charge on any atom is 0.246 e. The molecule has 1 unspecified atom stereocenters. The fourth-order valence-corrected chi connectivity index (χ4v) is 3.74. The van der Waals surface area contributed by atoms with Crippen LogP contribution in [0.25, 0.3) is 0 Å². The monoisotopic (exact) mass is 243 g/mol. The van der Waals surface area contributed by atoms with Gasteiger partial charge >= 0.3 is 0 Å². The molecule has 0 bridgehead atoms. The van der Waals surface area contributed by atoms with Gasteiger partial charge in [-0.05, 0) is 19.3 Å². The van der Waals surface area contributed by atoms with E-state index in [0.29, 0.717) is 29.6 Å². The molecule has 1 saturated heterocycles. The van der Waals surface area contributed by atoms with Crippen LogP contribution in [0.2, 0.25) is 0 Å². The Kier molecular flexibility index (Phi) is 3.03. The lowest BCUT2D eigenvalue weighted by Gasteiger charge is -2.15. The Morgan fingerprint density at radius 1 is 1.62 bits per heavy atom. The van der Waals surface area contributed by atoms with Crippen LogP contribution in [0.15, 0.2) is 11.1 Å². The molecule has 5 nitrogen and oxygen atoms in total. The van der Waals surface area contributed by atoms with Gasteiger partial charge in [0.25, 0.3) is 0 Å². The standard InChI is InChI=1S/C10H17N3O2S/c1-3-9-4-5-13(7-9)16(14,15)10-6-11-12-8(10)2/h6,9H,3-5,7H2,1-2H3,(H,11,12). The number of rotatable bonds is 3. The summed E-state index contributed by atoms with van der Waals surface area (Å²) in [6, 6.07) is 0. The van der Waals surface area contributed by atoms with E-state index in [-0.39, 0.29) is 0 Å². The van der Waals surface area contributed by atoms with Crippen LogP contribution < -0.4 is 0 Å². The van der Waals surface area contributed by atoms with E-state index in [1.54, 1.807) is 11.2 Å². The van der Waals surface area contributed by atoms with Gasteiger partial charge in [-0.2, -0.15) is 9.40 Å². The molecule has 1 N–H and O–H groups in total. The van der Waals surface area contributed by atoms with E-state index < -0.39 is 10.0 Å². The van der Waals surface area contributed by atoms with Crippen LogP contribution in [0.5, 0.6) is 0 Å². The maximum atomic E-state index is 12.2. The molecule has 0 amide bonds. The molecule has 0 aromatic carbocycles. The summed E-state index contributed by atoms with van der Waals surface area (Å²) in [5.41, 5.74) is 0.611. The summed E-state index contributed by atoms with van der Waals surface area (Å²) in [6.45, 7) is 5.10. The topological polar surface area (TPSA) is 66.1 Å². The lowest BCUT2D eigenvalue weighted by atomic mass is 10.1. The van der Waals surface area contributed by atoms with Gasteiger partial charge in [0.1, 0.15) is 4.90 Å². The number of aromatic nitrogens is 2.